The summed E-state index contributed by atoms with van der Waals surface area (Å²) in [4.78, 5) is 0.258. The van der Waals surface area contributed by atoms with Crippen LogP contribution in [0.15, 0.2) is 77.7 Å². The molecule has 1 aliphatic rings. The average Bonchev–Trinajstić information content (AvgIpc) is 2.75. The van der Waals surface area contributed by atoms with Crippen molar-refractivity contribution in [1.82, 2.24) is 4.31 Å². The molecule has 0 fully saturated rings. The SMILES string of the molecule is Cc1ccc(CS(=O)(=O)Nc2ccc3c(c2)CN(S(=O)(=O)c2ccccc2)CC3)cc1. The number of sulfonamides is 2. The van der Waals surface area contributed by atoms with E-state index in [9.17, 15) is 16.8 Å². The van der Waals surface area contributed by atoms with Gasteiger partial charge in [0, 0.05) is 18.8 Å². The highest BCUT2D eigenvalue weighted by Crippen LogP contribution is 2.27. The lowest BCUT2D eigenvalue weighted by Gasteiger charge is -2.28. The first-order valence-electron chi connectivity index (χ1n) is 9.96. The standard InChI is InChI=1S/C23H24N2O4S2/c1-18-7-9-19(10-8-18)17-30(26,27)24-22-12-11-20-13-14-25(16-21(20)15-22)31(28,29)23-5-3-2-4-6-23/h2-12,15,24H,13-14,16-17H2,1H3. The summed E-state index contributed by atoms with van der Waals surface area (Å²) >= 11 is 0. The van der Waals surface area contributed by atoms with Crippen molar-refractivity contribution in [2.75, 3.05) is 11.3 Å². The minimum absolute atomic E-state index is 0.126. The number of aryl methyl sites for hydroxylation is 1. The first-order chi connectivity index (χ1) is 14.7. The Labute approximate surface area is 183 Å². The molecule has 1 aliphatic heterocycles. The smallest absolute Gasteiger partial charge is 0.243 e. The summed E-state index contributed by atoms with van der Waals surface area (Å²) in [5, 5.41) is 0. The summed E-state index contributed by atoms with van der Waals surface area (Å²) in [5.74, 6) is -0.126. The molecule has 0 aliphatic carbocycles. The fourth-order valence-electron chi connectivity index (χ4n) is 3.66. The molecule has 0 bridgehead atoms. The molecule has 0 atom stereocenters. The largest absolute Gasteiger partial charge is 0.283 e. The van der Waals surface area contributed by atoms with Gasteiger partial charge in [-0.15, -0.1) is 0 Å². The van der Waals surface area contributed by atoms with E-state index in [0.29, 0.717) is 24.2 Å². The molecule has 162 valence electrons. The van der Waals surface area contributed by atoms with Crippen LogP contribution in [0.25, 0.3) is 0 Å². The van der Waals surface area contributed by atoms with Crippen LogP contribution in [-0.2, 0) is 38.8 Å². The highest BCUT2D eigenvalue weighted by molar-refractivity contribution is 7.91. The van der Waals surface area contributed by atoms with Crippen molar-refractivity contribution in [3.8, 4) is 0 Å². The molecule has 0 unspecified atom stereocenters. The third-order valence-corrected chi connectivity index (χ3v) is 8.43. The highest BCUT2D eigenvalue weighted by atomic mass is 32.2. The van der Waals surface area contributed by atoms with Gasteiger partial charge in [-0.25, -0.2) is 16.8 Å². The van der Waals surface area contributed by atoms with Crippen molar-refractivity contribution in [2.24, 2.45) is 0 Å². The summed E-state index contributed by atoms with van der Waals surface area (Å²) < 4.78 is 55.2. The molecular weight excluding hydrogens is 432 g/mol. The first-order valence-corrected chi connectivity index (χ1v) is 13.1. The molecule has 3 aromatic rings. The van der Waals surface area contributed by atoms with E-state index in [4.69, 9.17) is 0 Å². The maximum Gasteiger partial charge on any atom is 0.243 e. The van der Waals surface area contributed by atoms with E-state index in [1.54, 1.807) is 54.6 Å². The van der Waals surface area contributed by atoms with Gasteiger partial charge in [0.25, 0.3) is 0 Å². The van der Waals surface area contributed by atoms with Crippen LogP contribution in [-0.4, -0.2) is 27.7 Å². The van der Waals surface area contributed by atoms with E-state index >= 15 is 0 Å². The van der Waals surface area contributed by atoms with Crippen molar-refractivity contribution in [2.45, 2.75) is 30.5 Å². The second-order valence-corrected chi connectivity index (χ2v) is 11.4. The molecule has 8 heteroatoms. The topological polar surface area (TPSA) is 83.6 Å². The lowest BCUT2D eigenvalue weighted by atomic mass is 10.0. The van der Waals surface area contributed by atoms with Gasteiger partial charge in [-0.05, 0) is 54.3 Å². The summed E-state index contributed by atoms with van der Waals surface area (Å²) in [6.45, 7) is 2.55. The molecule has 1 N–H and O–H groups in total. The van der Waals surface area contributed by atoms with E-state index < -0.39 is 20.0 Å². The van der Waals surface area contributed by atoms with Crippen LogP contribution in [0, 0.1) is 6.92 Å². The quantitative estimate of drug-likeness (QED) is 0.613. The molecule has 31 heavy (non-hydrogen) atoms. The molecular formula is C23H24N2O4S2. The van der Waals surface area contributed by atoms with E-state index in [1.807, 2.05) is 25.1 Å². The van der Waals surface area contributed by atoms with E-state index in [0.717, 1.165) is 16.7 Å². The minimum Gasteiger partial charge on any atom is -0.283 e. The van der Waals surface area contributed by atoms with Gasteiger partial charge in [0.05, 0.1) is 10.6 Å². The van der Waals surface area contributed by atoms with Crippen LogP contribution in [0.1, 0.15) is 22.3 Å². The van der Waals surface area contributed by atoms with Gasteiger partial charge in [-0.1, -0.05) is 54.1 Å². The molecule has 1 heterocycles. The van der Waals surface area contributed by atoms with E-state index in [1.165, 1.54) is 4.31 Å². The second-order valence-electron chi connectivity index (χ2n) is 7.73. The third-order valence-electron chi connectivity index (χ3n) is 5.32. The van der Waals surface area contributed by atoms with Crippen LogP contribution in [0.4, 0.5) is 5.69 Å². The Morgan fingerprint density at radius 1 is 0.871 bits per heavy atom. The first kappa shape index (κ1) is 21.5. The van der Waals surface area contributed by atoms with E-state index in [2.05, 4.69) is 4.72 Å². The van der Waals surface area contributed by atoms with Gasteiger partial charge in [-0.2, -0.15) is 4.31 Å². The van der Waals surface area contributed by atoms with Crippen molar-refractivity contribution < 1.29 is 16.8 Å². The van der Waals surface area contributed by atoms with Gasteiger partial charge < -0.3 is 0 Å². The number of hydrogen-bond donors (Lipinski definition) is 1. The Morgan fingerprint density at radius 2 is 1.58 bits per heavy atom. The van der Waals surface area contributed by atoms with Crippen molar-refractivity contribution in [1.29, 1.82) is 0 Å². The van der Waals surface area contributed by atoms with Crippen molar-refractivity contribution >= 4 is 25.7 Å². The lowest BCUT2D eigenvalue weighted by molar-refractivity contribution is 0.391. The number of hydrogen-bond acceptors (Lipinski definition) is 4. The van der Waals surface area contributed by atoms with Crippen molar-refractivity contribution in [3.05, 3.63) is 95.1 Å². The van der Waals surface area contributed by atoms with Crippen LogP contribution < -0.4 is 4.72 Å². The number of benzene rings is 3. The molecule has 4 rings (SSSR count). The number of fused-ring (bicyclic) bond motifs is 1. The zero-order valence-electron chi connectivity index (χ0n) is 17.2. The fraction of sp³-hybridized carbons (Fsp3) is 0.217. The zero-order chi connectivity index (χ0) is 22.1. The molecule has 0 saturated carbocycles. The molecule has 0 aromatic heterocycles. The molecule has 0 amide bonds. The molecule has 6 nitrogen and oxygen atoms in total. The Balaban J connectivity index is 1.52. The summed E-state index contributed by atoms with van der Waals surface area (Å²) in [6.07, 6.45) is 0.581. The maximum absolute atomic E-state index is 13.0. The van der Waals surface area contributed by atoms with Crippen LogP contribution >= 0.6 is 0 Å². The Hall–Kier alpha value is -2.68. The molecule has 0 radical (unpaired) electrons. The van der Waals surface area contributed by atoms with Crippen molar-refractivity contribution in [3.63, 3.8) is 0 Å². The van der Waals surface area contributed by atoms with Crippen LogP contribution in [0.2, 0.25) is 0 Å². The zero-order valence-corrected chi connectivity index (χ0v) is 18.8. The second kappa shape index (κ2) is 8.45. The average molecular weight is 457 g/mol. The highest BCUT2D eigenvalue weighted by Gasteiger charge is 2.28. The van der Waals surface area contributed by atoms with Crippen LogP contribution in [0.3, 0.4) is 0 Å². The molecule has 0 saturated heterocycles. The number of anilines is 1. The Morgan fingerprint density at radius 3 is 2.29 bits per heavy atom. The van der Waals surface area contributed by atoms with Crippen LogP contribution in [0.5, 0.6) is 0 Å². The maximum atomic E-state index is 13.0. The van der Waals surface area contributed by atoms with Gasteiger partial charge in [0.1, 0.15) is 0 Å². The Bertz CT molecular complexity index is 1290. The number of rotatable bonds is 6. The van der Waals surface area contributed by atoms with Gasteiger partial charge >= 0.3 is 0 Å². The summed E-state index contributed by atoms with van der Waals surface area (Å²) in [7, 11) is -7.20. The number of nitrogens with one attached hydrogen (secondary N) is 1. The monoisotopic (exact) mass is 456 g/mol. The summed E-state index contributed by atoms with van der Waals surface area (Å²) in [6, 6.07) is 21.0. The van der Waals surface area contributed by atoms with Gasteiger partial charge in [0.2, 0.25) is 20.0 Å². The predicted molar refractivity (Wildman–Crippen MR) is 122 cm³/mol. The fourth-order valence-corrected chi connectivity index (χ4v) is 6.29. The summed E-state index contributed by atoms with van der Waals surface area (Å²) in [5.41, 5.74) is 4.04. The minimum atomic E-state index is -3.60. The van der Waals surface area contributed by atoms with Gasteiger partial charge in [0.15, 0.2) is 0 Å². The van der Waals surface area contributed by atoms with E-state index in [-0.39, 0.29) is 17.2 Å². The predicted octanol–water partition coefficient (Wildman–Crippen LogP) is 3.68. The number of nitrogens with zero attached hydrogens (tertiary/aromatic N) is 1. The molecule has 3 aromatic carbocycles. The third kappa shape index (κ3) is 4.98. The van der Waals surface area contributed by atoms with Gasteiger partial charge in [-0.3, -0.25) is 4.72 Å². The molecule has 0 spiro atoms. The Kier molecular flexibility index (Phi) is 5.88. The normalized spacial score (nSPS) is 14.7. The lowest BCUT2D eigenvalue weighted by Crippen LogP contribution is -2.36.